The summed E-state index contributed by atoms with van der Waals surface area (Å²) in [6.45, 7) is 4.48. The van der Waals surface area contributed by atoms with Gasteiger partial charge < -0.3 is 19.6 Å². The molecule has 0 aromatic rings. The van der Waals surface area contributed by atoms with Gasteiger partial charge in [0.25, 0.3) is 0 Å². The van der Waals surface area contributed by atoms with E-state index in [2.05, 4.69) is 37.5 Å². The standard InChI is InChI=1S/2C12H27O2PS2.Mo/c2*1-2-3-4-5-6-7-8-9-10-11-12-17-15(13,14)16;/h2*2-12H2,1H3,(H2,13,14,16);/q;;+4/p-4. The normalized spacial score (nSPS) is 11.6. The van der Waals surface area contributed by atoms with E-state index in [4.69, 9.17) is 0 Å². The Morgan fingerprint density at radius 1 is 0.429 bits per heavy atom. The summed E-state index contributed by atoms with van der Waals surface area (Å²) in [4.78, 5) is 42.8. The van der Waals surface area contributed by atoms with E-state index in [0.29, 0.717) is 11.5 Å². The molecule has 0 rings (SSSR count). The van der Waals surface area contributed by atoms with Gasteiger partial charge in [0.05, 0.1) is 0 Å². The Bertz CT molecular complexity index is 464. The minimum atomic E-state index is -3.49. The molecule has 0 radical (unpaired) electrons. The second-order valence-electron chi connectivity index (χ2n) is 8.92. The van der Waals surface area contributed by atoms with Crippen LogP contribution < -0.4 is 19.6 Å². The molecule has 0 unspecified atom stereocenters. The van der Waals surface area contributed by atoms with Crippen LogP contribution in [0, 0.1) is 0 Å². The fraction of sp³-hybridized carbons (Fsp3) is 1.00. The fourth-order valence-corrected chi connectivity index (χ4v) is 8.10. The van der Waals surface area contributed by atoms with Crippen molar-refractivity contribution in [2.45, 2.75) is 142 Å². The smallest absolute Gasteiger partial charge is 0.825 e. The molecule has 0 atom stereocenters. The van der Waals surface area contributed by atoms with E-state index in [9.17, 15) is 19.6 Å². The van der Waals surface area contributed by atoms with E-state index in [1.807, 2.05) is 0 Å². The van der Waals surface area contributed by atoms with Crippen LogP contribution in [0.4, 0.5) is 0 Å². The fourth-order valence-electron chi connectivity index (χ4n) is 3.53. The maximum atomic E-state index is 10.7. The van der Waals surface area contributed by atoms with Crippen molar-refractivity contribution in [2.24, 2.45) is 0 Å². The first-order valence-corrected chi connectivity index (χ1v) is 21.9. The number of hydrogen-bond donors (Lipinski definition) is 0. The molecule has 0 saturated carbocycles. The maximum Gasteiger partial charge on any atom is 4.00 e. The Kier molecular flexibility index (Phi) is 37.3. The topological polar surface area (TPSA) is 92.2 Å². The quantitative estimate of drug-likeness (QED) is 0.0599. The van der Waals surface area contributed by atoms with Crippen LogP contribution in [-0.2, 0) is 44.7 Å². The molecule has 0 fully saturated rings. The van der Waals surface area contributed by atoms with Crippen molar-refractivity contribution in [3.63, 3.8) is 0 Å². The van der Waals surface area contributed by atoms with E-state index in [-0.39, 0.29) is 21.1 Å². The molecule has 4 nitrogen and oxygen atoms in total. The summed E-state index contributed by atoms with van der Waals surface area (Å²) in [5.41, 5.74) is -6.99. The molecular weight excluding hydrogens is 638 g/mol. The van der Waals surface area contributed by atoms with Crippen LogP contribution in [0.3, 0.4) is 0 Å². The minimum absolute atomic E-state index is 0. The van der Waals surface area contributed by atoms with Crippen LogP contribution in [0.15, 0.2) is 0 Å². The van der Waals surface area contributed by atoms with E-state index in [1.165, 1.54) is 103 Å². The van der Waals surface area contributed by atoms with Gasteiger partial charge >= 0.3 is 21.1 Å². The molecule has 0 aromatic carbocycles. The monoisotopic (exact) mass is 690 g/mol. The van der Waals surface area contributed by atoms with Crippen molar-refractivity contribution in [3.05, 3.63) is 0 Å². The molecule has 0 N–H and O–H groups in total. The van der Waals surface area contributed by atoms with Gasteiger partial charge in [0.1, 0.15) is 0 Å². The average Bonchev–Trinajstić information content (AvgIpc) is 2.75. The third kappa shape index (κ3) is 46.7. The molecule has 0 bridgehead atoms. The maximum absolute atomic E-state index is 10.7. The van der Waals surface area contributed by atoms with Crippen LogP contribution in [0.25, 0.3) is 0 Å². The molecular formula is C24H50MoO4P2S4. The van der Waals surface area contributed by atoms with Crippen LogP contribution in [0.1, 0.15) is 142 Å². The first kappa shape index (κ1) is 42.0. The van der Waals surface area contributed by atoms with E-state index >= 15 is 0 Å². The summed E-state index contributed by atoms with van der Waals surface area (Å²) >= 11 is 10.5. The van der Waals surface area contributed by atoms with Crippen LogP contribution in [0.2, 0.25) is 0 Å². The van der Waals surface area contributed by atoms with Gasteiger partial charge in [0, 0.05) is 0 Å². The molecule has 0 aliphatic rings. The van der Waals surface area contributed by atoms with Gasteiger partial charge in [-0.05, 0) is 24.3 Å². The molecule has 0 saturated heterocycles. The van der Waals surface area contributed by atoms with Crippen LogP contribution >= 0.6 is 34.2 Å². The molecule has 0 heterocycles. The van der Waals surface area contributed by atoms with Crippen molar-refractivity contribution in [1.29, 1.82) is 0 Å². The third-order valence-electron chi connectivity index (χ3n) is 5.49. The van der Waals surface area contributed by atoms with Crippen molar-refractivity contribution < 1.29 is 40.6 Å². The van der Waals surface area contributed by atoms with E-state index in [0.717, 1.165) is 48.4 Å². The molecule has 0 spiro atoms. The second kappa shape index (κ2) is 31.1. The molecule has 0 aliphatic heterocycles. The largest absolute Gasteiger partial charge is 4.00 e. The van der Waals surface area contributed by atoms with Crippen molar-refractivity contribution in [2.75, 3.05) is 11.5 Å². The Morgan fingerprint density at radius 2 is 0.629 bits per heavy atom. The summed E-state index contributed by atoms with van der Waals surface area (Å²) in [6.07, 6.45) is 25.5. The summed E-state index contributed by atoms with van der Waals surface area (Å²) in [5, 5.41) is 0. The predicted octanol–water partition coefficient (Wildman–Crippen LogP) is 7.17. The Morgan fingerprint density at radius 3 is 0.829 bits per heavy atom. The third-order valence-corrected chi connectivity index (χ3v) is 12.0. The van der Waals surface area contributed by atoms with E-state index < -0.39 is 11.4 Å². The molecule has 35 heavy (non-hydrogen) atoms. The summed E-state index contributed by atoms with van der Waals surface area (Å²) < 4.78 is 0. The SMILES string of the molecule is CCCCCCCCCCCCSP([O-])([O-])=S.CCCCCCCCCCCCSP([O-])([O-])=S.[Mo+4]. The average molecular weight is 689 g/mol. The van der Waals surface area contributed by atoms with Gasteiger partial charge in [-0.2, -0.15) is 34.2 Å². The first-order valence-electron chi connectivity index (χ1n) is 13.5. The van der Waals surface area contributed by atoms with Crippen molar-refractivity contribution in [1.82, 2.24) is 0 Å². The van der Waals surface area contributed by atoms with Gasteiger partial charge in [-0.15, -0.1) is 23.6 Å². The van der Waals surface area contributed by atoms with E-state index in [1.54, 1.807) is 0 Å². The Balaban J connectivity index is -0.000000569. The van der Waals surface area contributed by atoms with Crippen molar-refractivity contribution >= 4 is 57.8 Å². The zero-order valence-electron chi connectivity index (χ0n) is 22.1. The summed E-state index contributed by atoms with van der Waals surface area (Å²) in [5.74, 6) is 1.33. The second-order valence-corrected chi connectivity index (χ2v) is 20.8. The molecule has 0 aromatic heterocycles. The van der Waals surface area contributed by atoms with Crippen molar-refractivity contribution in [3.8, 4) is 0 Å². The zero-order valence-corrected chi connectivity index (χ0v) is 29.2. The molecule has 0 amide bonds. The Hall–Kier alpha value is 2.53. The molecule has 11 heteroatoms. The van der Waals surface area contributed by atoms with Gasteiger partial charge in [-0.1, -0.05) is 129 Å². The molecule has 0 aliphatic carbocycles. The van der Waals surface area contributed by atoms with Crippen LogP contribution in [0.5, 0.6) is 0 Å². The van der Waals surface area contributed by atoms with Gasteiger partial charge in [-0.25, -0.2) is 0 Å². The van der Waals surface area contributed by atoms with Gasteiger partial charge in [0.2, 0.25) is 0 Å². The Labute approximate surface area is 250 Å². The zero-order chi connectivity index (χ0) is 26.0. The van der Waals surface area contributed by atoms with Gasteiger partial charge in [0.15, 0.2) is 0 Å². The minimum Gasteiger partial charge on any atom is -0.825 e. The van der Waals surface area contributed by atoms with Crippen LogP contribution in [-0.4, -0.2) is 11.5 Å². The summed E-state index contributed by atoms with van der Waals surface area (Å²) in [7, 11) is 0. The first-order chi connectivity index (χ1) is 16.1. The number of unbranched alkanes of at least 4 members (excludes halogenated alkanes) is 18. The number of hydrogen-bond acceptors (Lipinski definition) is 8. The predicted molar refractivity (Wildman–Crippen MR) is 157 cm³/mol. The number of rotatable bonds is 24. The molecule has 210 valence electrons. The summed E-state index contributed by atoms with van der Waals surface area (Å²) in [6, 6.07) is 0. The van der Waals surface area contributed by atoms with Gasteiger partial charge in [-0.3, -0.25) is 0 Å².